The van der Waals surface area contributed by atoms with Crippen LogP contribution < -0.4 is 0 Å². The Labute approximate surface area is 127 Å². The van der Waals surface area contributed by atoms with Gasteiger partial charge in [-0.25, -0.2) is 0 Å². The van der Waals surface area contributed by atoms with Crippen LogP contribution in [0, 0.1) is 0 Å². The molecule has 1 saturated heterocycles. The highest BCUT2D eigenvalue weighted by Crippen LogP contribution is 2.20. The van der Waals surface area contributed by atoms with Gasteiger partial charge < -0.3 is 0 Å². The lowest BCUT2D eigenvalue weighted by atomic mass is 9.97. The second-order valence-electron chi connectivity index (χ2n) is 5.13. The van der Waals surface area contributed by atoms with Gasteiger partial charge in [0.25, 0.3) is 0 Å². The molecule has 0 saturated carbocycles. The number of likely N-dealkylation sites (tertiary alicyclic amines) is 1. The van der Waals surface area contributed by atoms with Crippen LogP contribution in [0.5, 0.6) is 0 Å². The van der Waals surface area contributed by atoms with Crippen molar-refractivity contribution in [3.05, 3.63) is 69.7 Å². The summed E-state index contributed by atoms with van der Waals surface area (Å²) >= 11 is 3.42. The Morgan fingerprint density at radius 3 is 2.60 bits per heavy atom. The van der Waals surface area contributed by atoms with Gasteiger partial charge in [0.05, 0.1) is 0 Å². The van der Waals surface area contributed by atoms with Gasteiger partial charge in [0.1, 0.15) is 0 Å². The van der Waals surface area contributed by atoms with E-state index >= 15 is 0 Å². The van der Waals surface area contributed by atoms with Crippen molar-refractivity contribution in [1.82, 2.24) is 4.90 Å². The highest BCUT2D eigenvalue weighted by atomic mass is 79.9. The Morgan fingerprint density at radius 2 is 1.90 bits per heavy atom. The average molecular weight is 330 g/mol. The number of benzene rings is 2. The molecule has 3 rings (SSSR count). The highest BCUT2D eigenvalue weighted by Gasteiger charge is 2.18. The van der Waals surface area contributed by atoms with E-state index in [2.05, 4.69) is 26.9 Å². The molecule has 1 aliphatic rings. The van der Waals surface area contributed by atoms with E-state index in [9.17, 15) is 4.79 Å². The predicted molar refractivity (Wildman–Crippen MR) is 83.9 cm³/mol. The van der Waals surface area contributed by atoms with Crippen LogP contribution >= 0.6 is 15.9 Å². The van der Waals surface area contributed by atoms with E-state index in [0.29, 0.717) is 0 Å². The molecule has 1 fully saturated rings. The number of hydrogen-bond acceptors (Lipinski definition) is 2. The molecular formula is C17H16BrNO. The largest absolute Gasteiger partial charge is 0.299 e. The maximum Gasteiger partial charge on any atom is 0.193 e. The first-order chi connectivity index (χ1) is 9.74. The van der Waals surface area contributed by atoms with Crippen molar-refractivity contribution in [3.8, 4) is 0 Å². The number of rotatable bonds is 4. The van der Waals surface area contributed by atoms with Gasteiger partial charge in [0.15, 0.2) is 5.78 Å². The summed E-state index contributed by atoms with van der Waals surface area (Å²) in [6.07, 6.45) is 1.27. The molecule has 0 amide bonds. The zero-order valence-corrected chi connectivity index (χ0v) is 12.8. The molecule has 102 valence electrons. The van der Waals surface area contributed by atoms with E-state index in [1.54, 1.807) is 0 Å². The molecule has 3 heteroatoms. The second kappa shape index (κ2) is 5.90. The number of hydrogen-bond donors (Lipinski definition) is 0. The standard InChI is InChI=1S/C17H16BrNO/c18-15-7-3-6-13(11-15)17(20)16-8-2-1-5-14(16)12-19-9-4-10-19/h1-3,5-8,11H,4,9-10,12H2. The number of ketones is 1. The summed E-state index contributed by atoms with van der Waals surface area (Å²) in [5, 5.41) is 0. The highest BCUT2D eigenvalue weighted by molar-refractivity contribution is 9.10. The fraction of sp³-hybridized carbons (Fsp3) is 0.235. The molecule has 1 heterocycles. The minimum atomic E-state index is 0.0995. The minimum absolute atomic E-state index is 0.0995. The summed E-state index contributed by atoms with van der Waals surface area (Å²) in [5.74, 6) is 0.0995. The summed E-state index contributed by atoms with van der Waals surface area (Å²) in [5.41, 5.74) is 2.67. The lowest BCUT2D eigenvalue weighted by Gasteiger charge is -2.31. The van der Waals surface area contributed by atoms with E-state index in [1.165, 1.54) is 6.42 Å². The van der Waals surface area contributed by atoms with Crippen LogP contribution in [-0.2, 0) is 6.54 Å². The zero-order chi connectivity index (χ0) is 13.9. The van der Waals surface area contributed by atoms with Gasteiger partial charge in [-0.3, -0.25) is 9.69 Å². The van der Waals surface area contributed by atoms with E-state index in [1.807, 2.05) is 42.5 Å². The first-order valence-electron chi connectivity index (χ1n) is 6.84. The van der Waals surface area contributed by atoms with Crippen molar-refractivity contribution in [2.45, 2.75) is 13.0 Å². The van der Waals surface area contributed by atoms with Crippen LogP contribution in [0.15, 0.2) is 53.0 Å². The maximum atomic E-state index is 12.7. The Hall–Kier alpha value is -1.45. The molecule has 0 radical (unpaired) electrons. The van der Waals surface area contributed by atoms with Crippen molar-refractivity contribution in [2.75, 3.05) is 13.1 Å². The van der Waals surface area contributed by atoms with Gasteiger partial charge in [0.2, 0.25) is 0 Å². The molecule has 2 nitrogen and oxygen atoms in total. The zero-order valence-electron chi connectivity index (χ0n) is 11.2. The van der Waals surface area contributed by atoms with Crippen LogP contribution in [0.2, 0.25) is 0 Å². The fourth-order valence-corrected chi connectivity index (χ4v) is 2.84. The molecule has 0 aliphatic carbocycles. The lowest BCUT2D eigenvalue weighted by Crippen LogP contribution is -2.36. The molecule has 0 aromatic heterocycles. The number of carbonyl (C=O) groups excluding carboxylic acids is 1. The van der Waals surface area contributed by atoms with Gasteiger partial charge in [-0.2, -0.15) is 0 Å². The minimum Gasteiger partial charge on any atom is -0.299 e. The van der Waals surface area contributed by atoms with Gasteiger partial charge in [-0.1, -0.05) is 52.3 Å². The van der Waals surface area contributed by atoms with Gasteiger partial charge in [-0.15, -0.1) is 0 Å². The molecule has 0 N–H and O–H groups in total. The molecule has 1 aliphatic heterocycles. The predicted octanol–water partition coefficient (Wildman–Crippen LogP) is 3.89. The monoisotopic (exact) mass is 329 g/mol. The SMILES string of the molecule is O=C(c1cccc(Br)c1)c1ccccc1CN1CCC1. The van der Waals surface area contributed by atoms with Crippen LogP contribution in [0.3, 0.4) is 0 Å². The number of carbonyl (C=O) groups is 1. The van der Waals surface area contributed by atoms with Crippen LogP contribution in [0.4, 0.5) is 0 Å². The Kier molecular flexibility index (Phi) is 3.99. The molecule has 0 unspecified atom stereocenters. The summed E-state index contributed by atoms with van der Waals surface area (Å²) < 4.78 is 0.934. The van der Waals surface area contributed by atoms with Crippen molar-refractivity contribution in [3.63, 3.8) is 0 Å². The van der Waals surface area contributed by atoms with Crippen LogP contribution in [-0.4, -0.2) is 23.8 Å². The third-order valence-corrected chi connectivity index (χ3v) is 4.18. The molecule has 2 aromatic carbocycles. The molecule has 20 heavy (non-hydrogen) atoms. The van der Waals surface area contributed by atoms with Crippen molar-refractivity contribution >= 4 is 21.7 Å². The molecule has 0 atom stereocenters. The fourth-order valence-electron chi connectivity index (χ4n) is 2.45. The normalized spacial score (nSPS) is 14.8. The van der Waals surface area contributed by atoms with Gasteiger partial charge in [0, 0.05) is 22.1 Å². The van der Waals surface area contributed by atoms with Crippen molar-refractivity contribution in [1.29, 1.82) is 0 Å². The smallest absolute Gasteiger partial charge is 0.193 e. The van der Waals surface area contributed by atoms with E-state index in [4.69, 9.17) is 0 Å². The Bertz CT molecular complexity index is 634. The van der Waals surface area contributed by atoms with Crippen molar-refractivity contribution < 1.29 is 4.79 Å². The molecular weight excluding hydrogens is 314 g/mol. The van der Waals surface area contributed by atoms with Crippen molar-refractivity contribution in [2.24, 2.45) is 0 Å². The topological polar surface area (TPSA) is 20.3 Å². The summed E-state index contributed by atoms with van der Waals surface area (Å²) in [4.78, 5) is 15.0. The first kappa shape index (κ1) is 13.5. The lowest BCUT2D eigenvalue weighted by molar-refractivity contribution is 0.103. The van der Waals surface area contributed by atoms with Crippen LogP contribution in [0.1, 0.15) is 27.9 Å². The summed E-state index contributed by atoms with van der Waals surface area (Å²) in [7, 11) is 0. The molecule has 0 spiro atoms. The number of nitrogens with zero attached hydrogens (tertiary/aromatic N) is 1. The maximum absolute atomic E-state index is 12.7. The third-order valence-electron chi connectivity index (χ3n) is 3.69. The van der Waals surface area contributed by atoms with E-state index < -0.39 is 0 Å². The Morgan fingerprint density at radius 1 is 1.10 bits per heavy atom. The number of halogens is 1. The second-order valence-corrected chi connectivity index (χ2v) is 6.04. The molecule has 2 aromatic rings. The Balaban J connectivity index is 1.90. The summed E-state index contributed by atoms with van der Waals surface area (Å²) in [6.45, 7) is 3.15. The van der Waals surface area contributed by atoms with Gasteiger partial charge >= 0.3 is 0 Å². The van der Waals surface area contributed by atoms with E-state index in [0.717, 1.165) is 40.8 Å². The van der Waals surface area contributed by atoms with E-state index in [-0.39, 0.29) is 5.78 Å². The summed E-state index contributed by atoms with van der Waals surface area (Å²) in [6, 6.07) is 15.5. The quantitative estimate of drug-likeness (QED) is 0.793. The first-order valence-corrected chi connectivity index (χ1v) is 7.64. The molecule has 0 bridgehead atoms. The van der Waals surface area contributed by atoms with Crippen LogP contribution in [0.25, 0.3) is 0 Å². The van der Waals surface area contributed by atoms with Gasteiger partial charge in [-0.05, 0) is 37.2 Å². The average Bonchev–Trinajstić information content (AvgIpc) is 2.42. The third kappa shape index (κ3) is 2.84.